The zero-order valence-corrected chi connectivity index (χ0v) is 15.8. The molecule has 1 aromatic heterocycles. The van der Waals surface area contributed by atoms with Crippen LogP contribution < -0.4 is 10.5 Å². The minimum Gasteiger partial charge on any atom is -0.333 e. The number of nitrogens with zero attached hydrogens (tertiary/aromatic N) is 1. The van der Waals surface area contributed by atoms with Crippen LogP contribution in [0.2, 0.25) is 0 Å². The fraction of sp³-hybridized carbons (Fsp3) is 0.176. The molecular weight excluding hydrogens is 372 g/mol. The molecule has 3 aromatic rings. The lowest BCUT2D eigenvalue weighted by Gasteiger charge is -2.10. The standard InChI is InChI=1S/C17H18N4O3S2/c1-10-3-8-14-15(9-10)21-17(20-14)25-11(2)16(22)19-12-4-6-13(7-5-12)26(18,23)24/h3-9,11H,1-2H3,(H,19,22)(H,20,21)(H2,18,23,24)/t11-/m0/s1. The predicted octanol–water partition coefficient (Wildman–Crippen LogP) is 2.64. The van der Waals surface area contributed by atoms with Crippen molar-refractivity contribution in [3.63, 3.8) is 0 Å². The van der Waals surface area contributed by atoms with E-state index in [1.807, 2.05) is 25.1 Å². The van der Waals surface area contributed by atoms with Crippen molar-refractivity contribution in [2.75, 3.05) is 5.32 Å². The van der Waals surface area contributed by atoms with E-state index >= 15 is 0 Å². The Morgan fingerprint density at radius 3 is 2.58 bits per heavy atom. The number of aryl methyl sites for hydroxylation is 1. The van der Waals surface area contributed by atoms with Crippen LogP contribution in [0.4, 0.5) is 5.69 Å². The van der Waals surface area contributed by atoms with Gasteiger partial charge in [0, 0.05) is 5.69 Å². The number of thioether (sulfide) groups is 1. The van der Waals surface area contributed by atoms with Gasteiger partial charge in [-0.3, -0.25) is 4.79 Å². The van der Waals surface area contributed by atoms with Gasteiger partial charge in [0.05, 0.1) is 21.2 Å². The molecule has 0 spiro atoms. The van der Waals surface area contributed by atoms with E-state index in [-0.39, 0.29) is 10.8 Å². The van der Waals surface area contributed by atoms with Gasteiger partial charge in [0.2, 0.25) is 15.9 Å². The van der Waals surface area contributed by atoms with Gasteiger partial charge in [0.1, 0.15) is 0 Å². The Morgan fingerprint density at radius 1 is 1.23 bits per heavy atom. The van der Waals surface area contributed by atoms with E-state index in [4.69, 9.17) is 5.14 Å². The third kappa shape index (κ3) is 4.24. The topological polar surface area (TPSA) is 118 Å². The maximum Gasteiger partial charge on any atom is 0.238 e. The SMILES string of the molecule is Cc1ccc2nc(S[C@@H](C)C(=O)Nc3ccc(S(N)(=O)=O)cc3)[nH]c2c1. The Kier molecular flexibility index (Phi) is 5.03. The van der Waals surface area contributed by atoms with E-state index in [1.165, 1.54) is 36.0 Å². The first-order chi connectivity index (χ1) is 12.2. The van der Waals surface area contributed by atoms with E-state index in [9.17, 15) is 13.2 Å². The van der Waals surface area contributed by atoms with Crippen molar-refractivity contribution in [2.45, 2.75) is 29.1 Å². The molecule has 0 radical (unpaired) electrons. The van der Waals surface area contributed by atoms with Crippen LogP contribution in [-0.2, 0) is 14.8 Å². The second-order valence-corrected chi connectivity index (χ2v) is 8.77. The summed E-state index contributed by atoms with van der Waals surface area (Å²) in [6.45, 7) is 3.78. The van der Waals surface area contributed by atoms with Gasteiger partial charge < -0.3 is 10.3 Å². The van der Waals surface area contributed by atoms with Crippen LogP contribution in [-0.4, -0.2) is 29.5 Å². The lowest BCUT2D eigenvalue weighted by Crippen LogP contribution is -2.22. The van der Waals surface area contributed by atoms with Crippen LogP contribution in [0.1, 0.15) is 12.5 Å². The van der Waals surface area contributed by atoms with Crippen LogP contribution >= 0.6 is 11.8 Å². The molecule has 0 aliphatic rings. The molecule has 9 heteroatoms. The van der Waals surface area contributed by atoms with Crippen molar-refractivity contribution in [1.29, 1.82) is 0 Å². The number of anilines is 1. The van der Waals surface area contributed by atoms with Gasteiger partial charge in [-0.2, -0.15) is 0 Å². The second kappa shape index (κ2) is 7.10. The van der Waals surface area contributed by atoms with E-state index in [0.29, 0.717) is 10.8 Å². The number of aromatic amines is 1. The maximum absolute atomic E-state index is 12.4. The third-order valence-electron chi connectivity index (χ3n) is 3.72. The number of nitrogens with one attached hydrogen (secondary N) is 2. The lowest BCUT2D eigenvalue weighted by molar-refractivity contribution is -0.115. The van der Waals surface area contributed by atoms with Gasteiger partial charge in [-0.1, -0.05) is 17.8 Å². The molecule has 2 aromatic carbocycles. The van der Waals surface area contributed by atoms with Crippen molar-refractivity contribution in [3.05, 3.63) is 48.0 Å². The molecule has 0 aliphatic heterocycles. The molecule has 4 N–H and O–H groups in total. The quantitative estimate of drug-likeness (QED) is 0.579. The highest BCUT2D eigenvalue weighted by atomic mass is 32.2. The van der Waals surface area contributed by atoms with Crippen LogP contribution in [0.3, 0.4) is 0 Å². The number of carbonyl (C=O) groups excluding carboxylic acids is 1. The highest BCUT2D eigenvalue weighted by Crippen LogP contribution is 2.25. The van der Waals surface area contributed by atoms with E-state index in [1.54, 1.807) is 6.92 Å². The Labute approximate surface area is 155 Å². The average molecular weight is 390 g/mol. The van der Waals surface area contributed by atoms with Crippen LogP contribution in [0.25, 0.3) is 11.0 Å². The normalized spacial score (nSPS) is 12.9. The van der Waals surface area contributed by atoms with Crippen LogP contribution in [0.15, 0.2) is 52.5 Å². The van der Waals surface area contributed by atoms with Crippen molar-refractivity contribution >= 4 is 44.4 Å². The smallest absolute Gasteiger partial charge is 0.238 e. The first-order valence-corrected chi connectivity index (χ1v) is 10.2. The Bertz CT molecular complexity index is 1060. The number of aromatic nitrogens is 2. The third-order valence-corrected chi connectivity index (χ3v) is 5.64. The minimum atomic E-state index is -3.75. The Balaban J connectivity index is 1.67. The van der Waals surface area contributed by atoms with E-state index < -0.39 is 15.3 Å². The van der Waals surface area contributed by atoms with Crippen molar-refractivity contribution in [1.82, 2.24) is 9.97 Å². The lowest BCUT2D eigenvalue weighted by atomic mass is 10.2. The molecule has 0 fully saturated rings. The van der Waals surface area contributed by atoms with E-state index in [0.717, 1.165) is 16.6 Å². The highest BCUT2D eigenvalue weighted by molar-refractivity contribution is 8.00. The monoisotopic (exact) mass is 390 g/mol. The number of H-pyrrole nitrogens is 1. The summed E-state index contributed by atoms with van der Waals surface area (Å²) in [6.07, 6.45) is 0. The highest BCUT2D eigenvalue weighted by Gasteiger charge is 2.17. The molecule has 1 amide bonds. The fourth-order valence-corrected chi connectivity index (χ4v) is 3.68. The molecular formula is C17H18N4O3S2. The number of imidazole rings is 1. The first-order valence-electron chi connectivity index (χ1n) is 7.79. The summed E-state index contributed by atoms with van der Waals surface area (Å²) in [6, 6.07) is 11.6. The second-order valence-electron chi connectivity index (χ2n) is 5.88. The summed E-state index contributed by atoms with van der Waals surface area (Å²) in [4.78, 5) is 20.0. The number of nitrogens with two attached hydrogens (primary N) is 1. The molecule has 0 saturated heterocycles. The van der Waals surface area contributed by atoms with Gasteiger partial charge in [-0.05, 0) is 55.8 Å². The van der Waals surface area contributed by atoms with Gasteiger partial charge in [0.15, 0.2) is 5.16 Å². The maximum atomic E-state index is 12.4. The molecule has 0 aliphatic carbocycles. The number of carbonyl (C=O) groups is 1. The molecule has 0 bridgehead atoms. The summed E-state index contributed by atoms with van der Waals surface area (Å²) in [5, 5.41) is 8.07. The summed E-state index contributed by atoms with van der Waals surface area (Å²) in [7, 11) is -3.75. The van der Waals surface area contributed by atoms with Gasteiger partial charge in [-0.15, -0.1) is 0 Å². The molecule has 26 heavy (non-hydrogen) atoms. The number of amides is 1. The number of hydrogen-bond donors (Lipinski definition) is 3. The fourth-order valence-electron chi connectivity index (χ4n) is 2.35. The van der Waals surface area contributed by atoms with Gasteiger partial charge in [-0.25, -0.2) is 18.5 Å². The number of fused-ring (bicyclic) bond motifs is 1. The Morgan fingerprint density at radius 2 is 1.92 bits per heavy atom. The summed E-state index contributed by atoms with van der Waals surface area (Å²) < 4.78 is 22.5. The summed E-state index contributed by atoms with van der Waals surface area (Å²) >= 11 is 1.32. The molecule has 0 saturated carbocycles. The zero-order valence-electron chi connectivity index (χ0n) is 14.2. The number of hydrogen-bond acceptors (Lipinski definition) is 5. The largest absolute Gasteiger partial charge is 0.333 e. The van der Waals surface area contributed by atoms with Crippen LogP contribution in [0, 0.1) is 6.92 Å². The van der Waals surface area contributed by atoms with Crippen molar-refractivity contribution in [2.24, 2.45) is 5.14 Å². The number of benzene rings is 2. The van der Waals surface area contributed by atoms with Crippen LogP contribution in [0.5, 0.6) is 0 Å². The molecule has 7 nitrogen and oxygen atoms in total. The molecule has 0 unspecified atom stereocenters. The Hall–Kier alpha value is -2.36. The number of primary sulfonamides is 1. The van der Waals surface area contributed by atoms with Crippen molar-refractivity contribution < 1.29 is 13.2 Å². The van der Waals surface area contributed by atoms with E-state index in [2.05, 4.69) is 15.3 Å². The zero-order chi connectivity index (χ0) is 18.9. The summed E-state index contributed by atoms with van der Waals surface area (Å²) in [5.74, 6) is -0.213. The number of sulfonamides is 1. The van der Waals surface area contributed by atoms with Crippen molar-refractivity contribution in [3.8, 4) is 0 Å². The predicted molar refractivity (Wildman–Crippen MR) is 103 cm³/mol. The molecule has 3 rings (SSSR count). The number of rotatable bonds is 5. The minimum absolute atomic E-state index is 0.00417. The van der Waals surface area contributed by atoms with Gasteiger partial charge >= 0.3 is 0 Å². The molecule has 136 valence electrons. The average Bonchev–Trinajstić information content (AvgIpc) is 2.95. The molecule has 1 heterocycles. The first kappa shape index (κ1) is 18.4. The van der Waals surface area contributed by atoms with Gasteiger partial charge in [0.25, 0.3) is 0 Å². The summed E-state index contributed by atoms with van der Waals surface area (Å²) in [5.41, 5.74) is 3.41. The molecule has 1 atom stereocenters.